The lowest BCUT2D eigenvalue weighted by atomic mass is 10.1. The Morgan fingerprint density at radius 2 is 2.32 bits per heavy atom. The maximum Gasteiger partial charge on any atom is 0.259 e. The lowest BCUT2D eigenvalue weighted by Crippen LogP contribution is -1.98. The minimum Gasteiger partial charge on any atom is -0.370 e. The number of benzene rings is 1. The molecule has 19 heavy (non-hydrogen) atoms. The molecule has 1 aromatic heterocycles. The Balaban J connectivity index is 1.99. The molecule has 1 atom stereocenters. The van der Waals surface area contributed by atoms with Crippen LogP contribution in [0.1, 0.15) is 30.3 Å². The van der Waals surface area contributed by atoms with Crippen LogP contribution in [0.5, 0.6) is 0 Å². The summed E-state index contributed by atoms with van der Waals surface area (Å²) in [6.07, 6.45) is 1.63. The predicted octanol–water partition coefficient (Wildman–Crippen LogP) is 2.60. The second kappa shape index (κ2) is 4.78. The third-order valence-corrected chi connectivity index (χ3v) is 3.02. The first kappa shape index (κ1) is 11.8. The third kappa shape index (κ3) is 2.09. The maximum absolute atomic E-state index is 13.5. The Hall–Kier alpha value is -2.26. The first-order valence-electron chi connectivity index (χ1n) is 5.94. The number of nitrogens with zero attached hydrogens (tertiary/aromatic N) is 3. The molecule has 0 spiro atoms. The molecule has 1 fully saturated rings. The summed E-state index contributed by atoms with van der Waals surface area (Å²) in [5.41, 5.74) is 0.212. The smallest absolute Gasteiger partial charge is 0.259 e. The second-order valence-corrected chi connectivity index (χ2v) is 4.23. The monoisotopic (exact) mass is 259 g/mol. The number of hydrogen-bond donors (Lipinski definition) is 0. The van der Waals surface area contributed by atoms with Crippen molar-refractivity contribution < 1.29 is 13.7 Å². The SMILES string of the molecule is N#Cc1c(F)cccc1-c1nc(C2CCCO2)no1. The highest BCUT2D eigenvalue weighted by Gasteiger charge is 2.24. The molecule has 1 unspecified atom stereocenters. The zero-order chi connectivity index (χ0) is 13.2. The van der Waals surface area contributed by atoms with Gasteiger partial charge in [-0.2, -0.15) is 10.2 Å². The van der Waals surface area contributed by atoms with Gasteiger partial charge in [-0.15, -0.1) is 0 Å². The van der Waals surface area contributed by atoms with E-state index in [9.17, 15) is 4.39 Å². The van der Waals surface area contributed by atoms with Crippen LogP contribution in [-0.2, 0) is 4.74 Å². The average Bonchev–Trinajstić information content (AvgIpc) is 3.09. The van der Waals surface area contributed by atoms with Gasteiger partial charge in [0.15, 0.2) is 0 Å². The van der Waals surface area contributed by atoms with E-state index in [4.69, 9.17) is 14.5 Å². The van der Waals surface area contributed by atoms with Crippen molar-refractivity contribution in [2.45, 2.75) is 18.9 Å². The quantitative estimate of drug-likeness (QED) is 0.828. The molecule has 1 aromatic carbocycles. The molecule has 6 heteroatoms. The lowest BCUT2D eigenvalue weighted by Gasteiger charge is -2.01. The van der Waals surface area contributed by atoms with Crippen molar-refractivity contribution >= 4 is 0 Å². The molecule has 0 aliphatic carbocycles. The van der Waals surface area contributed by atoms with Gasteiger partial charge in [0.1, 0.15) is 23.6 Å². The molecule has 0 bridgehead atoms. The summed E-state index contributed by atoms with van der Waals surface area (Å²) in [5.74, 6) is -0.0148. The fraction of sp³-hybridized carbons (Fsp3) is 0.308. The molecular formula is C13H10FN3O2. The molecule has 1 aliphatic rings. The van der Waals surface area contributed by atoms with Gasteiger partial charge >= 0.3 is 0 Å². The summed E-state index contributed by atoms with van der Waals surface area (Å²) in [5, 5.41) is 12.8. The number of nitriles is 1. The van der Waals surface area contributed by atoms with Gasteiger partial charge in [0.05, 0.1) is 5.56 Å². The highest BCUT2D eigenvalue weighted by Crippen LogP contribution is 2.29. The molecule has 1 aliphatic heterocycles. The molecule has 2 aromatic rings. The van der Waals surface area contributed by atoms with Crippen LogP contribution in [0.25, 0.3) is 11.5 Å². The van der Waals surface area contributed by atoms with Gasteiger partial charge in [-0.25, -0.2) is 4.39 Å². The van der Waals surface area contributed by atoms with Crippen molar-refractivity contribution in [2.75, 3.05) is 6.61 Å². The summed E-state index contributed by atoms with van der Waals surface area (Å²) >= 11 is 0. The molecule has 1 saturated heterocycles. The van der Waals surface area contributed by atoms with Crippen LogP contribution in [0.4, 0.5) is 4.39 Å². The van der Waals surface area contributed by atoms with Crippen molar-refractivity contribution in [3.8, 4) is 17.5 Å². The summed E-state index contributed by atoms with van der Waals surface area (Å²) in [7, 11) is 0. The average molecular weight is 259 g/mol. The highest BCUT2D eigenvalue weighted by atomic mass is 19.1. The standard InChI is InChI=1S/C13H10FN3O2/c14-10-4-1-3-8(9(10)7-15)13-16-12(17-19-13)11-5-2-6-18-11/h1,3-4,11H,2,5-6H2. The maximum atomic E-state index is 13.5. The van der Waals surface area contributed by atoms with E-state index in [-0.39, 0.29) is 17.6 Å². The fourth-order valence-corrected chi connectivity index (χ4v) is 2.07. The Morgan fingerprint density at radius 3 is 3.05 bits per heavy atom. The van der Waals surface area contributed by atoms with Gasteiger partial charge in [0.2, 0.25) is 5.82 Å². The fourth-order valence-electron chi connectivity index (χ4n) is 2.07. The minimum atomic E-state index is -0.600. The van der Waals surface area contributed by atoms with Gasteiger partial charge in [0.25, 0.3) is 5.89 Å². The number of aromatic nitrogens is 2. The van der Waals surface area contributed by atoms with E-state index >= 15 is 0 Å². The topological polar surface area (TPSA) is 71.9 Å². The zero-order valence-corrected chi connectivity index (χ0v) is 9.97. The molecule has 0 N–H and O–H groups in total. The Morgan fingerprint density at radius 1 is 1.42 bits per heavy atom. The van der Waals surface area contributed by atoms with E-state index in [1.165, 1.54) is 12.1 Å². The van der Waals surface area contributed by atoms with E-state index < -0.39 is 5.82 Å². The van der Waals surface area contributed by atoms with E-state index in [2.05, 4.69) is 10.1 Å². The van der Waals surface area contributed by atoms with Gasteiger partial charge in [0, 0.05) is 6.61 Å². The van der Waals surface area contributed by atoms with Gasteiger partial charge in [-0.3, -0.25) is 0 Å². The van der Waals surface area contributed by atoms with Crippen LogP contribution >= 0.6 is 0 Å². The van der Waals surface area contributed by atoms with Crippen molar-refractivity contribution in [3.05, 3.63) is 35.4 Å². The Kier molecular flexibility index (Phi) is 2.97. The number of ether oxygens (including phenoxy) is 1. The zero-order valence-electron chi connectivity index (χ0n) is 9.97. The molecule has 5 nitrogen and oxygen atoms in total. The molecule has 0 amide bonds. The summed E-state index contributed by atoms with van der Waals surface area (Å²) in [6, 6.07) is 6.11. The number of hydrogen-bond acceptors (Lipinski definition) is 5. The second-order valence-electron chi connectivity index (χ2n) is 4.23. The van der Waals surface area contributed by atoms with E-state index in [0.29, 0.717) is 18.0 Å². The largest absolute Gasteiger partial charge is 0.370 e. The molecule has 0 radical (unpaired) electrons. The molecule has 0 saturated carbocycles. The van der Waals surface area contributed by atoms with Crippen molar-refractivity contribution in [2.24, 2.45) is 0 Å². The van der Waals surface area contributed by atoms with E-state index in [1.54, 1.807) is 6.07 Å². The molecule has 96 valence electrons. The number of rotatable bonds is 2. The Labute approximate surface area is 108 Å². The minimum absolute atomic E-state index is 0.0926. The van der Waals surface area contributed by atoms with Gasteiger partial charge in [-0.05, 0) is 25.0 Å². The molecule has 2 heterocycles. The first-order chi connectivity index (χ1) is 9.29. The van der Waals surface area contributed by atoms with Crippen molar-refractivity contribution in [1.82, 2.24) is 10.1 Å². The van der Waals surface area contributed by atoms with Crippen LogP contribution in [-0.4, -0.2) is 16.7 Å². The van der Waals surface area contributed by atoms with Crippen LogP contribution in [0.3, 0.4) is 0 Å². The van der Waals surface area contributed by atoms with Gasteiger partial charge < -0.3 is 9.26 Å². The summed E-state index contributed by atoms with van der Waals surface area (Å²) in [4.78, 5) is 4.19. The van der Waals surface area contributed by atoms with E-state index in [1.807, 2.05) is 6.07 Å². The Bertz CT molecular complexity index is 642. The normalized spacial score (nSPS) is 18.4. The van der Waals surface area contributed by atoms with Crippen LogP contribution in [0.15, 0.2) is 22.7 Å². The van der Waals surface area contributed by atoms with Crippen LogP contribution in [0, 0.1) is 17.1 Å². The van der Waals surface area contributed by atoms with Crippen LogP contribution < -0.4 is 0 Å². The first-order valence-corrected chi connectivity index (χ1v) is 5.94. The molecule has 3 rings (SSSR count). The summed E-state index contributed by atoms with van der Waals surface area (Å²) in [6.45, 7) is 0.679. The van der Waals surface area contributed by atoms with E-state index in [0.717, 1.165) is 12.8 Å². The van der Waals surface area contributed by atoms with Gasteiger partial charge in [-0.1, -0.05) is 11.2 Å². The van der Waals surface area contributed by atoms with Crippen molar-refractivity contribution in [3.63, 3.8) is 0 Å². The summed E-state index contributed by atoms with van der Waals surface area (Å²) < 4.78 is 24.1. The van der Waals surface area contributed by atoms with Crippen LogP contribution in [0.2, 0.25) is 0 Å². The molecular weight excluding hydrogens is 249 g/mol. The number of halogens is 1. The lowest BCUT2D eigenvalue weighted by molar-refractivity contribution is 0.103. The predicted molar refractivity (Wildman–Crippen MR) is 62.3 cm³/mol. The highest BCUT2D eigenvalue weighted by molar-refractivity contribution is 5.63. The third-order valence-electron chi connectivity index (χ3n) is 3.02. The van der Waals surface area contributed by atoms with Crippen molar-refractivity contribution in [1.29, 1.82) is 5.26 Å².